The second-order valence-corrected chi connectivity index (χ2v) is 6.77. The normalized spacial score (nSPS) is 18.9. The Morgan fingerprint density at radius 1 is 1.30 bits per heavy atom. The molecule has 3 heteroatoms. The van der Waals surface area contributed by atoms with Crippen LogP contribution in [0.2, 0.25) is 0 Å². The van der Waals surface area contributed by atoms with E-state index in [2.05, 4.69) is 44.0 Å². The second kappa shape index (κ2) is 6.57. The van der Waals surface area contributed by atoms with E-state index < -0.39 is 0 Å². The quantitative estimate of drug-likeness (QED) is 0.911. The summed E-state index contributed by atoms with van der Waals surface area (Å²) in [6, 6.07) is 2.28. The van der Waals surface area contributed by atoms with Crippen LogP contribution in [0.15, 0.2) is 12.3 Å². The summed E-state index contributed by atoms with van der Waals surface area (Å²) in [5.74, 6) is 1.18. The summed E-state index contributed by atoms with van der Waals surface area (Å²) >= 11 is 0. The van der Waals surface area contributed by atoms with Gasteiger partial charge in [0.1, 0.15) is 5.82 Å². The van der Waals surface area contributed by atoms with Gasteiger partial charge in [0.05, 0.1) is 0 Å². The third kappa shape index (κ3) is 3.95. The van der Waals surface area contributed by atoms with Crippen molar-refractivity contribution in [3.8, 4) is 0 Å². The van der Waals surface area contributed by atoms with Gasteiger partial charge in [-0.25, -0.2) is 4.98 Å². The van der Waals surface area contributed by atoms with Crippen molar-refractivity contribution < 1.29 is 0 Å². The molecule has 0 amide bonds. The highest BCUT2D eigenvalue weighted by molar-refractivity contribution is 5.47. The van der Waals surface area contributed by atoms with Gasteiger partial charge in [-0.05, 0) is 55.3 Å². The summed E-state index contributed by atoms with van der Waals surface area (Å²) in [6.07, 6.45) is 5.88. The molecule has 0 saturated carbocycles. The number of nitrogens with one attached hydrogen (secondary N) is 1. The minimum atomic E-state index is 0.480. The molecule has 1 fully saturated rings. The zero-order valence-corrected chi connectivity index (χ0v) is 13.5. The van der Waals surface area contributed by atoms with Crippen molar-refractivity contribution in [2.24, 2.45) is 5.41 Å². The van der Waals surface area contributed by atoms with Crippen molar-refractivity contribution >= 4 is 5.82 Å². The number of nitrogens with zero attached hydrogens (tertiary/aromatic N) is 2. The lowest BCUT2D eigenvalue weighted by atomic mass is 9.85. The first kappa shape index (κ1) is 15.3. The van der Waals surface area contributed by atoms with Crippen LogP contribution in [0.4, 0.5) is 5.82 Å². The molecule has 1 N–H and O–H groups in total. The molecule has 0 bridgehead atoms. The molecule has 0 aromatic carbocycles. The van der Waals surface area contributed by atoms with E-state index in [4.69, 9.17) is 4.98 Å². The third-order valence-corrected chi connectivity index (χ3v) is 4.33. The maximum atomic E-state index is 4.73. The van der Waals surface area contributed by atoms with Crippen LogP contribution in [0.1, 0.15) is 51.2 Å². The highest BCUT2D eigenvalue weighted by Gasteiger charge is 2.24. The minimum absolute atomic E-state index is 0.480. The number of hydrogen-bond acceptors (Lipinski definition) is 3. The van der Waals surface area contributed by atoms with Crippen LogP contribution in [0, 0.1) is 12.3 Å². The van der Waals surface area contributed by atoms with E-state index in [1.807, 2.05) is 6.20 Å². The van der Waals surface area contributed by atoms with Crippen molar-refractivity contribution in [3.63, 3.8) is 0 Å². The summed E-state index contributed by atoms with van der Waals surface area (Å²) in [4.78, 5) is 7.20. The Balaban J connectivity index is 2.08. The van der Waals surface area contributed by atoms with Crippen molar-refractivity contribution in [1.29, 1.82) is 0 Å². The Morgan fingerprint density at radius 3 is 2.80 bits per heavy atom. The first-order chi connectivity index (χ1) is 9.52. The molecule has 1 aromatic rings. The molecule has 0 spiro atoms. The summed E-state index contributed by atoms with van der Waals surface area (Å²) in [6.45, 7) is 13.3. The maximum Gasteiger partial charge on any atom is 0.131 e. The molecule has 0 aliphatic carbocycles. The molecule has 1 aliphatic heterocycles. The van der Waals surface area contributed by atoms with Crippen molar-refractivity contribution in [3.05, 3.63) is 23.4 Å². The Hall–Kier alpha value is -1.09. The molecule has 20 heavy (non-hydrogen) atoms. The smallest absolute Gasteiger partial charge is 0.131 e. The van der Waals surface area contributed by atoms with Gasteiger partial charge in [0.2, 0.25) is 0 Å². The highest BCUT2D eigenvalue weighted by Crippen LogP contribution is 2.31. The molecule has 0 unspecified atom stereocenters. The van der Waals surface area contributed by atoms with Gasteiger partial charge in [0, 0.05) is 25.8 Å². The molecule has 1 aromatic heterocycles. The van der Waals surface area contributed by atoms with E-state index >= 15 is 0 Å². The van der Waals surface area contributed by atoms with Gasteiger partial charge in [0.25, 0.3) is 0 Å². The van der Waals surface area contributed by atoms with Gasteiger partial charge in [0.15, 0.2) is 0 Å². The molecule has 1 aliphatic rings. The lowest BCUT2D eigenvalue weighted by Gasteiger charge is -2.25. The van der Waals surface area contributed by atoms with Gasteiger partial charge in [-0.1, -0.05) is 20.8 Å². The Kier molecular flexibility index (Phi) is 5.03. The highest BCUT2D eigenvalue weighted by atomic mass is 15.2. The average Bonchev–Trinajstić information content (AvgIpc) is 2.58. The predicted octanol–water partition coefficient (Wildman–Crippen LogP) is 3.52. The number of anilines is 1. The largest absolute Gasteiger partial charge is 0.356 e. The molecule has 1 saturated heterocycles. The van der Waals surface area contributed by atoms with E-state index in [0.29, 0.717) is 5.41 Å². The molecule has 2 rings (SSSR count). The van der Waals surface area contributed by atoms with E-state index in [-0.39, 0.29) is 0 Å². The van der Waals surface area contributed by atoms with Crippen molar-refractivity contribution in [2.75, 3.05) is 24.5 Å². The number of rotatable bonds is 4. The van der Waals surface area contributed by atoms with E-state index in [9.17, 15) is 0 Å². The third-order valence-electron chi connectivity index (χ3n) is 4.33. The first-order valence-electron chi connectivity index (χ1n) is 7.93. The van der Waals surface area contributed by atoms with E-state index in [1.54, 1.807) is 0 Å². The summed E-state index contributed by atoms with van der Waals surface area (Å²) in [5, 5.41) is 3.36. The molecule has 112 valence electrons. The Bertz CT molecular complexity index is 440. The topological polar surface area (TPSA) is 28.2 Å². The van der Waals surface area contributed by atoms with Crippen LogP contribution in [0.3, 0.4) is 0 Å². The lowest BCUT2D eigenvalue weighted by molar-refractivity contribution is 0.325. The summed E-state index contributed by atoms with van der Waals surface area (Å²) in [7, 11) is 0. The fourth-order valence-corrected chi connectivity index (χ4v) is 2.96. The van der Waals surface area contributed by atoms with Crippen molar-refractivity contribution in [1.82, 2.24) is 10.3 Å². The number of aromatic nitrogens is 1. The number of pyridine rings is 1. The van der Waals surface area contributed by atoms with Crippen molar-refractivity contribution in [2.45, 2.75) is 53.5 Å². The van der Waals surface area contributed by atoms with Gasteiger partial charge >= 0.3 is 0 Å². The fourth-order valence-electron chi connectivity index (χ4n) is 2.96. The van der Waals surface area contributed by atoms with Crippen LogP contribution in [0.25, 0.3) is 0 Å². The van der Waals surface area contributed by atoms with Crippen LogP contribution < -0.4 is 10.2 Å². The predicted molar refractivity (Wildman–Crippen MR) is 86.2 cm³/mol. The SMILES string of the molecule is CCNCc1cnc(N2CCCC(C)(C)CC2)c(C)c1. The second-order valence-electron chi connectivity index (χ2n) is 6.77. The van der Waals surface area contributed by atoms with Gasteiger partial charge in [-0.3, -0.25) is 0 Å². The molecule has 2 heterocycles. The monoisotopic (exact) mass is 275 g/mol. The summed E-state index contributed by atoms with van der Waals surface area (Å²) < 4.78 is 0. The maximum absolute atomic E-state index is 4.73. The van der Waals surface area contributed by atoms with Crippen LogP contribution >= 0.6 is 0 Å². The van der Waals surface area contributed by atoms with Gasteiger partial charge < -0.3 is 10.2 Å². The Morgan fingerprint density at radius 2 is 2.10 bits per heavy atom. The first-order valence-corrected chi connectivity index (χ1v) is 7.93. The van der Waals surface area contributed by atoms with Crippen LogP contribution in [-0.2, 0) is 6.54 Å². The standard InChI is InChI=1S/C17H29N3/c1-5-18-12-15-11-14(2)16(19-13-15)20-9-6-7-17(3,4)8-10-20/h11,13,18H,5-10,12H2,1-4H3. The van der Waals surface area contributed by atoms with E-state index in [1.165, 1.54) is 36.2 Å². The zero-order valence-electron chi connectivity index (χ0n) is 13.5. The van der Waals surface area contributed by atoms with E-state index in [0.717, 1.165) is 26.2 Å². The molecule has 3 nitrogen and oxygen atoms in total. The summed E-state index contributed by atoms with van der Waals surface area (Å²) in [5.41, 5.74) is 3.07. The number of hydrogen-bond donors (Lipinski definition) is 1. The molecule has 0 radical (unpaired) electrons. The van der Waals surface area contributed by atoms with Crippen LogP contribution in [0.5, 0.6) is 0 Å². The number of aryl methyl sites for hydroxylation is 1. The molecular weight excluding hydrogens is 246 g/mol. The average molecular weight is 275 g/mol. The lowest BCUT2D eigenvalue weighted by Crippen LogP contribution is -2.27. The van der Waals surface area contributed by atoms with Gasteiger partial charge in [-0.2, -0.15) is 0 Å². The zero-order chi connectivity index (χ0) is 14.6. The Labute approximate surface area is 123 Å². The van der Waals surface area contributed by atoms with Gasteiger partial charge in [-0.15, -0.1) is 0 Å². The molecular formula is C17H29N3. The fraction of sp³-hybridized carbons (Fsp3) is 0.706. The molecule has 0 atom stereocenters. The van der Waals surface area contributed by atoms with Crippen LogP contribution in [-0.4, -0.2) is 24.6 Å². The minimum Gasteiger partial charge on any atom is -0.356 e.